The lowest BCUT2D eigenvalue weighted by Gasteiger charge is -2.03. The van der Waals surface area contributed by atoms with Crippen LogP contribution in [0.25, 0.3) is 0 Å². The number of hydrogen-bond acceptors (Lipinski definition) is 2. The molecule has 0 aromatic carbocycles. The molecule has 0 saturated heterocycles. The van der Waals surface area contributed by atoms with Crippen molar-refractivity contribution in [3.63, 3.8) is 0 Å². The molecule has 1 N–H and O–H groups in total. The van der Waals surface area contributed by atoms with Gasteiger partial charge in [-0.2, -0.15) is 5.26 Å². The van der Waals surface area contributed by atoms with Crippen LogP contribution >= 0.6 is 0 Å². The zero-order chi connectivity index (χ0) is 12.5. The van der Waals surface area contributed by atoms with Crippen molar-refractivity contribution < 1.29 is 9.90 Å². The third-order valence-electron chi connectivity index (χ3n) is 3.33. The fourth-order valence-electron chi connectivity index (χ4n) is 2.27. The summed E-state index contributed by atoms with van der Waals surface area (Å²) in [5, 5.41) is 18.0. The fourth-order valence-corrected chi connectivity index (χ4v) is 2.27. The van der Waals surface area contributed by atoms with Crippen molar-refractivity contribution in [1.29, 1.82) is 5.26 Å². The van der Waals surface area contributed by atoms with Gasteiger partial charge < -0.3 is 5.11 Å². The Bertz CT molecular complexity index is 361. The van der Waals surface area contributed by atoms with Crippen molar-refractivity contribution in [2.24, 2.45) is 23.2 Å². The van der Waals surface area contributed by atoms with Crippen LogP contribution in [-0.2, 0) is 4.79 Å². The lowest BCUT2D eigenvalue weighted by Crippen LogP contribution is -2.03. The molecule has 0 heterocycles. The highest BCUT2D eigenvalue weighted by Gasteiger charge is 2.60. The molecule has 0 aromatic heterocycles. The molecule has 0 aromatic rings. The zero-order valence-corrected chi connectivity index (χ0v) is 10.3. The molecule has 1 aliphatic rings. The maximum atomic E-state index is 11.0. The van der Waals surface area contributed by atoms with Crippen molar-refractivity contribution in [2.75, 3.05) is 0 Å². The average Bonchev–Trinajstić information content (AvgIpc) is 2.66. The summed E-state index contributed by atoms with van der Waals surface area (Å²) in [6.07, 6.45) is 2.59. The van der Waals surface area contributed by atoms with E-state index >= 15 is 0 Å². The molecule has 1 saturated carbocycles. The number of allylic oxidation sites excluding steroid dienone is 2. The average molecular weight is 221 g/mol. The molecule has 0 amide bonds. The number of hydrogen-bond donors (Lipinski definition) is 1. The summed E-state index contributed by atoms with van der Waals surface area (Å²) in [6.45, 7) is 7.99. The molecule has 0 aliphatic heterocycles. The van der Waals surface area contributed by atoms with Crippen molar-refractivity contribution in [3.8, 4) is 6.07 Å². The van der Waals surface area contributed by atoms with Gasteiger partial charge in [-0.3, -0.25) is 4.79 Å². The molecule has 0 radical (unpaired) electrons. The molecule has 16 heavy (non-hydrogen) atoms. The highest BCUT2D eigenvalue weighted by atomic mass is 16.4. The van der Waals surface area contributed by atoms with Gasteiger partial charge in [0.2, 0.25) is 0 Å². The van der Waals surface area contributed by atoms with Gasteiger partial charge in [0.15, 0.2) is 0 Å². The molecule has 3 nitrogen and oxygen atoms in total. The third-order valence-corrected chi connectivity index (χ3v) is 3.33. The van der Waals surface area contributed by atoms with Gasteiger partial charge in [-0.15, -0.1) is 0 Å². The van der Waals surface area contributed by atoms with Crippen LogP contribution in [-0.4, -0.2) is 11.1 Å². The Morgan fingerprint density at radius 1 is 1.56 bits per heavy atom. The molecule has 0 bridgehead atoms. The van der Waals surface area contributed by atoms with Crippen LogP contribution in [0, 0.1) is 34.5 Å². The van der Waals surface area contributed by atoms with E-state index < -0.39 is 5.97 Å². The summed E-state index contributed by atoms with van der Waals surface area (Å²) in [6, 6.07) is 2.17. The van der Waals surface area contributed by atoms with Crippen LogP contribution in [0.15, 0.2) is 11.6 Å². The maximum absolute atomic E-state index is 11.0. The maximum Gasteiger partial charge on any atom is 0.307 e. The minimum atomic E-state index is -0.756. The highest BCUT2D eigenvalue weighted by molar-refractivity contribution is 5.76. The summed E-state index contributed by atoms with van der Waals surface area (Å²) in [4.78, 5) is 11.0. The zero-order valence-electron chi connectivity index (χ0n) is 10.3. The lowest BCUT2D eigenvalue weighted by molar-refractivity contribution is -0.139. The summed E-state index contributed by atoms with van der Waals surface area (Å²) in [5.74, 6) is -0.648. The van der Waals surface area contributed by atoms with Gasteiger partial charge in [-0.05, 0) is 23.7 Å². The molecule has 2 unspecified atom stereocenters. The predicted molar refractivity (Wildman–Crippen MR) is 61.5 cm³/mol. The molecule has 1 fully saturated rings. The number of carbonyl (C=O) groups is 1. The third kappa shape index (κ3) is 2.44. The van der Waals surface area contributed by atoms with Gasteiger partial charge in [-0.25, -0.2) is 0 Å². The number of aliphatic carboxylic acids is 1. The highest BCUT2D eigenvalue weighted by Crippen LogP contribution is 2.59. The van der Waals surface area contributed by atoms with Crippen LogP contribution in [0.1, 0.15) is 34.1 Å². The van der Waals surface area contributed by atoms with Gasteiger partial charge in [0.05, 0.1) is 12.0 Å². The minimum Gasteiger partial charge on any atom is -0.481 e. The quantitative estimate of drug-likeness (QED) is 0.742. The largest absolute Gasteiger partial charge is 0.481 e. The number of nitrogens with zero attached hydrogens (tertiary/aromatic N) is 1. The van der Waals surface area contributed by atoms with Crippen molar-refractivity contribution in [2.45, 2.75) is 34.1 Å². The van der Waals surface area contributed by atoms with E-state index in [1.165, 1.54) is 0 Å². The smallest absolute Gasteiger partial charge is 0.307 e. The summed E-state index contributed by atoms with van der Waals surface area (Å²) < 4.78 is 0. The molecule has 2 atom stereocenters. The Balaban J connectivity index is 2.78. The molecule has 1 aliphatic carbocycles. The second kappa shape index (κ2) is 4.29. The molecular formula is C13H19NO2. The summed E-state index contributed by atoms with van der Waals surface area (Å²) >= 11 is 0. The van der Waals surface area contributed by atoms with Crippen LogP contribution in [0.2, 0.25) is 0 Å². The predicted octanol–water partition coefficient (Wildman–Crippen LogP) is 2.84. The van der Waals surface area contributed by atoms with Gasteiger partial charge in [0.1, 0.15) is 0 Å². The lowest BCUT2D eigenvalue weighted by atomic mass is 10.0. The van der Waals surface area contributed by atoms with Crippen molar-refractivity contribution in [3.05, 3.63) is 11.6 Å². The molecule has 0 spiro atoms. The number of nitriles is 1. The van der Waals surface area contributed by atoms with Gasteiger partial charge in [0, 0.05) is 5.57 Å². The Morgan fingerprint density at radius 3 is 2.44 bits per heavy atom. The normalized spacial score (nSPS) is 27.6. The Hall–Kier alpha value is -1.30. The molecule has 88 valence electrons. The first-order chi connectivity index (χ1) is 7.30. The molecular weight excluding hydrogens is 202 g/mol. The van der Waals surface area contributed by atoms with Crippen LogP contribution in [0.4, 0.5) is 0 Å². The van der Waals surface area contributed by atoms with E-state index in [-0.39, 0.29) is 17.3 Å². The fraction of sp³-hybridized carbons (Fsp3) is 0.692. The van der Waals surface area contributed by atoms with Crippen LogP contribution in [0.5, 0.6) is 0 Å². The first-order valence-corrected chi connectivity index (χ1v) is 5.64. The summed E-state index contributed by atoms with van der Waals surface area (Å²) in [5.41, 5.74) is 0.516. The van der Waals surface area contributed by atoms with E-state index in [0.717, 1.165) is 12.0 Å². The second-order valence-corrected chi connectivity index (χ2v) is 5.56. The number of carboxylic acid groups (broad SMARTS) is 1. The van der Waals surface area contributed by atoms with Crippen molar-refractivity contribution >= 4 is 5.97 Å². The monoisotopic (exact) mass is 221 g/mol. The summed E-state index contributed by atoms with van der Waals surface area (Å²) in [7, 11) is 0. The SMILES string of the molecule is CC(C)CC(C#N)=CC1C(C(=O)O)C1(C)C. The van der Waals surface area contributed by atoms with E-state index in [1.807, 2.05) is 19.9 Å². The first-order valence-electron chi connectivity index (χ1n) is 5.64. The second-order valence-electron chi connectivity index (χ2n) is 5.56. The Morgan fingerprint density at radius 2 is 2.12 bits per heavy atom. The number of rotatable bonds is 4. The standard InChI is InChI=1S/C13H19NO2/c1-8(2)5-9(7-14)6-10-11(12(15)16)13(10,3)4/h6,8,10-11H,5H2,1-4H3,(H,15,16). The van der Waals surface area contributed by atoms with Crippen LogP contribution < -0.4 is 0 Å². The molecule has 1 rings (SSSR count). The van der Waals surface area contributed by atoms with E-state index in [2.05, 4.69) is 19.9 Å². The van der Waals surface area contributed by atoms with E-state index in [0.29, 0.717) is 5.92 Å². The minimum absolute atomic E-state index is 0.0124. The number of carboxylic acids is 1. The van der Waals surface area contributed by atoms with E-state index in [4.69, 9.17) is 10.4 Å². The van der Waals surface area contributed by atoms with Gasteiger partial charge in [-0.1, -0.05) is 33.8 Å². The van der Waals surface area contributed by atoms with E-state index in [9.17, 15) is 4.79 Å². The van der Waals surface area contributed by atoms with E-state index in [1.54, 1.807) is 0 Å². The van der Waals surface area contributed by atoms with Gasteiger partial charge in [0.25, 0.3) is 0 Å². The Labute approximate surface area is 96.8 Å². The van der Waals surface area contributed by atoms with Crippen molar-refractivity contribution in [1.82, 2.24) is 0 Å². The van der Waals surface area contributed by atoms with Crippen LogP contribution in [0.3, 0.4) is 0 Å². The molecule has 3 heteroatoms. The first kappa shape index (κ1) is 12.8. The Kier molecular flexibility index (Phi) is 3.42. The van der Waals surface area contributed by atoms with Gasteiger partial charge >= 0.3 is 5.97 Å². The topological polar surface area (TPSA) is 61.1 Å².